The van der Waals surface area contributed by atoms with E-state index in [9.17, 15) is 0 Å². The molecule has 0 bridgehead atoms. The number of nitrogens with zero attached hydrogens (tertiary/aromatic N) is 2. The van der Waals surface area contributed by atoms with Crippen molar-refractivity contribution in [2.24, 2.45) is 11.8 Å². The molecule has 1 saturated carbocycles. The quantitative estimate of drug-likeness (QED) is 0.681. The molecule has 72 valence electrons. The van der Waals surface area contributed by atoms with Crippen molar-refractivity contribution in [2.45, 2.75) is 39.2 Å². The lowest BCUT2D eigenvalue weighted by atomic mass is 9.80. The van der Waals surface area contributed by atoms with Gasteiger partial charge in [-0.15, -0.1) is 0 Å². The Kier molecular flexibility index (Phi) is 2.67. The summed E-state index contributed by atoms with van der Waals surface area (Å²) in [7, 11) is 0. The SMILES string of the molecule is CC1CCCCC1Cn1ccnc1. The molecule has 1 fully saturated rings. The molecule has 2 heteroatoms. The highest BCUT2D eigenvalue weighted by atomic mass is 15.0. The summed E-state index contributed by atoms with van der Waals surface area (Å²) in [5.74, 6) is 1.78. The fourth-order valence-electron chi connectivity index (χ4n) is 2.33. The van der Waals surface area contributed by atoms with Crippen LogP contribution in [-0.4, -0.2) is 9.55 Å². The lowest BCUT2D eigenvalue weighted by Gasteiger charge is -2.28. The summed E-state index contributed by atoms with van der Waals surface area (Å²) < 4.78 is 2.21. The minimum atomic E-state index is 0.878. The second kappa shape index (κ2) is 3.95. The van der Waals surface area contributed by atoms with E-state index in [2.05, 4.69) is 22.7 Å². The molecule has 1 aromatic heterocycles. The van der Waals surface area contributed by atoms with Gasteiger partial charge in [0.05, 0.1) is 6.33 Å². The van der Waals surface area contributed by atoms with Gasteiger partial charge in [-0.1, -0.05) is 26.2 Å². The van der Waals surface area contributed by atoms with Crippen LogP contribution >= 0.6 is 0 Å². The number of hydrogen-bond donors (Lipinski definition) is 0. The molecule has 1 aliphatic carbocycles. The average molecular weight is 178 g/mol. The highest BCUT2D eigenvalue weighted by Gasteiger charge is 2.20. The fraction of sp³-hybridized carbons (Fsp3) is 0.727. The maximum Gasteiger partial charge on any atom is 0.0945 e. The van der Waals surface area contributed by atoms with Gasteiger partial charge in [0.25, 0.3) is 0 Å². The maximum atomic E-state index is 4.08. The normalized spacial score (nSPS) is 29.0. The van der Waals surface area contributed by atoms with Crippen LogP contribution in [0.3, 0.4) is 0 Å². The molecule has 0 aromatic carbocycles. The largest absolute Gasteiger partial charge is 0.337 e. The Morgan fingerprint density at radius 1 is 1.38 bits per heavy atom. The first-order chi connectivity index (χ1) is 6.36. The number of rotatable bonds is 2. The van der Waals surface area contributed by atoms with Gasteiger partial charge in [-0.25, -0.2) is 4.98 Å². The van der Waals surface area contributed by atoms with Gasteiger partial charge in [0.15, 0.2) is 0 Å². The predicted molar refractivity (Wildman–Crippen MR) is 53.3 cm³/mol. The van der Waals surface area contributed by atoms with Crippen molar-refractivity contribution in [3.05, 3.63) is 18.7 Å². The predicted octanol–water partition coefficient (Wildman–Crippen LogP) is 2.71. The van der Waals surface area contributed by atoms with E-state index in [0.717, 1.165) is 11.8 Å². The summed E-state index contributed by atoms with van der Waals surface area (Å²) in [4.78, 5) is 4.08. The molecule has 2 nitrogen and oxygen atoms in total. The molecule has 0 spiro atoms. The Bertz CT molecular complexity index is 241. The Morgan fingerprint density at radius 3 is 2.92 bits per heavy atom. The van der Waals surface area contributed by atoms with Gasteiger partial charge >= 0.3 is 0 Å². The van der Waals surface area contributed by atoms with E-state index in [1.165, 1.54) is 32.2 Å². The number of hydrogen-bond acceptors (Lipinski definition) is 1. The molecule has 1 aromatic rings. The van der Waals surface area contributed by atoms with Crippen LogP contribution in [0.1, 0.15) is 32.6 Å². The monoisotopic (exact) mass is 178 g/mol. The van der Waals surface area contributed by atoms with Gasteiger partial charge in [0, 0.05) is 18.9 Å². The Labute approximate surface area is 80.0 Å². The van der Waals surface area contributed by atoms with Crippen molar-refractivity contribution < 1.29 is 0 Å². The van der Waals surface area contributed by atoms with Gasteiger partial charge < -0.3 is 4.57 Å². The van der Waals surface area contributed by atoms with Crippen LogP contribution in [0.25, 0.3) is 0 Å². The van der Waals surface area contributed by atoms with E-state index in [1.54, 1.807) is 0 Å². The van der Waals surface area contributed by atoms with E-state index in [1.807, 2.05) is 12.5 Å². The van der Waals surface area contributed by atoms with Gasteiger partial charge in [-0.2, -0.15) is 0 Å². The van der Waals surface area contributed by atoms with Gasteiger partial charge in [-0.05, 0) is 18.3 Å². The van der Waals surface area contributed by atoms with Crippen molar-refractivity contribution in [2.75, 3.05) is 0 Å². The first-order valence-electron chi connectivity index (χ1n) is 5.32. The number of aromatic nitrogens is 2. The molecule has 13 heavy (non-hydrogen) atoms. The summed E-state index contributed by atoms with van der Waals surface area (Å²) in [5, 5.41) is 0. The van der Waals surface area contributed by atoms with Gasteiger partial charge in [-0.3, -0.25) is 0 Å². The zero-order valence-electron chi connectivity index (χ0n) is 8.32. The van der Waals surface area contributed by atoms with Crippen molar-refractivity contribution in [3.63, 3.8) is 0 Å². The average Bonchev–Trinajstić information content (AvgIpc) is 2.61. The van der Waals surface area contributed by atoms with Crippen LogP contribution in [0.5, 0.6) is 0 Å². The lowest BCUT2D eigenvalue weighted by Crippen LogP contribution is -2.21. The summed E-state index contributed by atoms with van der Waals surface area (Å²) in [5.41, 5.74) is 0. The Balaban J connectivity index is 1.93. The minimum Gasteiger partial charge on any atom is -0.337 e. The molecule has 2 rings (SSSR count). The summed E-state index contributed by atoms with van der Waals surface area (Å²) in [6.45, 7) is 3.56. The molecular weight excluding hydrogens is 160 g/mol. The Hall–Kier alpha value is -0.790. The van der Waals surface area contributed by atoms with Crippen molar-refractivity contribution >= 4 is 0 Å². The van der Waals surface area contributed by atoms with Crippen LogP contribution in [0.15, 0.2) is 18.7 Å². The molecule has 0 amide bonds. The third kappa shape index (κ3) is 2.11. The lowest BCUT2D eigenvalue weighted by molar-refractivity contribution is 0.228. The second-order valence-corrected chi connectivity index (χ2v) is 4.28. The third-order valence-corrected chi connectivity index (χ3v) is 3.29. The summed E-state index contributed by atoms with van der Waals surface area (Å²) in [6.07, 6.45) is 11.5. The molecular formula is C11H18N2. The van der Waals surface area contributed by atoms with E-state index >= 15 is 0 Å². The zero-order valence-corrected chi connectivity index (χ0v) is 8.32. The van der Waals surface area contributed by atoms with Gasteiger partial charge in [0.1, 0.15) is 0 Å². The van der Waals surface area contributed by atoms with Crippen LogP contribution in [-0.2, 0) is 6.54 Å². The highest BCUT2D eigenvalue weighted by molar-refractivity contribution is 4.79. The molecule has 1 aliphatic rings. The summed E-state index contributed by atoms with van der Waals surface area (Å²) in [6, 6.07) is 0. The van der Waals surface area contributed by atoms with E-state index in [0.29, 0.717) is 0 Å². The molecule has 0 saturated heterocycles. The van der Waals surface area contributed by atoms with Crippen LogP contribution < -0.4 is 0 Å². The molecule has 1 heterocycles. The first-order valence-corrected chi connectivity index (χ1v) is 5.32. The molecule has 2 atom stereocenters. The zero-order chi connectivity index (χ0) is 9.10. The van der Waals surface area contributed by atoms with Crippen LogP contribution in [0.4, 0.5) is 0 Å². The van der Waals surface area contributed by atoms with E-state index in [-0.39, 0.29) is 0 Å². The van der Waals surface area contributed by atoms with E-state index in [4.69, 9.17) is 0 Å². The molecule has 0 aliphatic heterocycles. The Morgan fingerprint density at radius 2 is 2.23 bits per heavy atom. The standard InChI is InChI=1S/C11H18N2/c1-10-4-2-3-5-11(10)8-13-7-6-12-9-13/h6-7,9-11H,2-5,8H2,1H3. The third-order valence-electron chi connectivity index (χ3n) is 3.29. The topological polar surface area (TPSA) is 17.8 Å². The van der Waals surface area contributed by atoms with Crippen molar-refractivity contribution in [1.82, 2.24) is 9.55 Å². The van der Waals surface area contributed by atoms with Crippen LogP contribution in [0.2, 0.25) is 0 Å². The van der Waals surface area contributed by atoms with Crippen molar-refractivity contribution in [3.8, 4) is 0 Å². The molecule has 2 unspecified atom stereocenters. The summed E-state index contributed by atoms with van der Waals surface area (Å²) >= 11 is 0. The van der Waals surface area contributed by atoms with E-state index < -0.39 is 0 Å². The number of imidazole rings is 1. The highest BCUT2D eigenvalue weighted by Crippen LogP contribution is 2.30. The van der Waals surface area contributed by atoms with Crippen LogP contribution in [0, 0.1) is 11.8 Å². The van der Waals surface area contributed by atoms with Crippen molar-refractivity contribution in [1.29, 1.82) is 0 Å². The van der Waals surface area contributed by atoms with Gasteiger partial charge in [0.2, 0.25) is 0 Å². The molecule has 0 radical (unpaired) electrons. The first kappa shape index (κ1) is 8.79. The molecule has 0 N–H and O–H groups in total. The minimum absolute atomic E-state index is 0.878. The fourth-order valence-corrected chi connectivity index (χ4v) is 2.33. The maximum absolute atomic E-state index is 4.08. The smallest absolute Gasteiger partial charge is 0.0945 e. The second-order valence-electron chi connectivity index (χ2n) is 4.28.